The maximum atomic E-state index is 11.5. The van der Waals surface area contributed by atoms with Crippen molar-refractivity contribution in [2.75, 3.05) is 13.7 Å². The molecule has 1 aliphatic rings. The molecule has 2 atom stereocenters. The molecule has 0 unspecified atom stereocenters. The van der Waals surface area contributed by atoms with Crippen molar-refractivity contribution in [3.05, 3.63) is 35.4 Å². The van der Waals surface area contributed by atoms with Crippen LogP contribution in [0.1, 0.15) is 17.5 Å². The predicted molar refractivity (Wildman–Crippen MR) is 70.0 cm³/mol. The van der Waals surface area contributed by atoms with E-state index in [1.54, 1.807) is 7.11 Å². The summed E-state index contributed by atoms with van der Waals surface area (Å²) in [5.74, 6) is -0.262. The lowest BCUT2D eigenvalue weighted by molar-refractivity contribution is -0.122. The maximum Gasteiger partial charge on any atom is 0.234 e. The average Bonchev–Trinajstić information content (AvgIpc) is 2.72. The lowest BCUT2D eigenvalue weighted by Gasteiger charge is -2.21. The highest BCUT2D eigenvalue weighted by Crippen LogP contribution is 2.22. The zero-order valence-corrected chi connectivity index (χ0v) is 10.9. The van der Waals surface area contributed by atoms with E-state index in [4.69, 9.17) is 10.5 Å². The van der Waals surface area contributed by atoms with Crippen LogP contribution in [0.2, 0.25) is 0 Å². The van der Waals surface area contributed by atoms with E-state index < -0.39 is 0 Å². The average molecular weight is 248 g/mol. The summed E-state index contributed by atoms with van der Waals surface area (Å²) in [7, 11) is 1.68. The van der Waals surface area contributed by atoms with Crippen LogP contribution in [0, 0.1) is 6.92 Å². The Kier molecular flexibility index (Phi) is 3.99. The van der Waals surface area contributed by atoms with E-state index in [1.165, 1.54) is 11.1 Å². The Morgan fingerprint density at radius 2 is 2.33 bits per heavy atom. The largest absolute Gasteiger partial charge is 0.380 e. The number of hydrogen-bond donors (Lipinski definition) is 1. The summed E-state index contributed by atoms with van der Waals surface area (Å²) in [6.45, 7) is 3.57. The molecule has 98 valence electrons. The molecule has 18 heavy (non-hydrogen) atoms. The molecular weight excluding hydrogens is 228 g/mol. The van der Waals surface area contributed by atoms with Crippen molar-refractivity contribution in [3.63, 3.8) is 0 Å². The first-order valence-corrected chi connectivity index (χ1v) is 6.22. The topological polar surface area (TPSA) is 55.6 Å². The minimum atomic E-state index is -0.262. The SMILES string of the molecule is CO[C@H]1C[C@@H](C(N)=O)N(Cc2cccc(C)c2)C1. The molecule has 1 aromatic rings. The third-order valence-electron chi connectivity index (χ3n) is 3.49. The maximum absolute atomic E-state index is 11.5. The van der Waals surface area contributed by atoms with Crippen molar-refractivity contribution in [3.8, 4) is 0 Å². The van der Waals surface area contributed by atoms with Gasteiger partial charge in [-0.15, -0.1) is 0 Å². The van der Waals surface area contributed by atoms with Crippen molar-refractivity contribution in [2.24, 2.45) is 5.73 Å². The van der Waals surface area contributed by atoms with Crippen LogP contribution in [0.5, 0.6) is 0 Å². The lowest BCUT2D eigenvalue weighted by atomic mass is 10.1. The van der Waals surface area contributed by atoms with Gasteiger partial charge in [-0.05, 0) is 18.9 Å². The van der Waals surface area contributed by atoms with Gasteiger partial charge in [0.25, 0.3) is 0 Å². The molecule has 2 N–H and O–H groups in total. The molecule has 0 radical (unpaired) electrons. The second-order valence-corrected chi connectivity index (χ2v) is 4.93. The first-order valence-electron chi connectivity index (χ1n) is 6.22. The van der Waals surface area contributed by atoms with E-state index in [2.05, 4.69) is 30.0 Å². The molecule has 1 aliphatic heterocycles. The number of nitrogens with two attached hydrogens (primary N) is 1. The summed E-state index contributed by atoms with van der Waals surface area (Å²) in [6, 6.07) is 8.10. The quantitative estimate of drug-likeness (QED) is 0.867. The molecule has 1 aromatic carbocycles. The summed E-state index contributed by atoms with van der Waals surface area (Å²) < 4.78 is 5.33. The van der Waals surface area contributed by atoms with Gasteiger partial charge < -0.3 is 10.5 Å². The number of primary amides is 1. The summed E-state index contributed by atoms with van der Waals surface area (Å²) in [5, 5.41) is 0. The fraction of sp³-hybridized carbons (Fsp3) is 0.500. The van der Waals surface area contributed by atoms with Crippen molar-refractivity contribution in [1.29, 1.82) is 0 Å². The van der Waals surface area contributed by atoms with E-state index >= 15 is 0 Å². The molecule has 1 fully saturated rings. The van der Waals surface area contributed by atoms with Gasteiger partial charge in [-0.3, -0.25) is 9.69 Å². The van der Waals surface area contributed by atoms with Crippen LogP contribution < -0.4 is 5.73 Å². The molecule has 0 spiro atoms. The zero-order valence-electron chi connectivity index (χ0n) is 10.9. The van der Waals surface area contributed by atoms with Crippen molar-refractivity contribution >= 4 is 5.91 Å². The number of nitrogens with zero attached hydrogens (tertiary/aromatic N) is 1. The van der Waals surface area contributed by atoms with Crippen LogP contribution in [-0.4, -0.2) is 36.6 Å². The molecule has 4 nitrogen and oxygen atoms in total. The first-order chi connectivity index (χ1) is 8.60. The van der Waals surface area contributed by atoms with Gasteiger partial charge >= 0.3 is 0 Å². The fourth-order valence-corrected chi connectivity index (χ4v) is 2.55. The van der Waals surface area contributed by atoms with E-state index in [0.717, 1.165) is 13.1 Å². The Morgan fingerprint density at radius 1 is 1.56 bits per heavy atom. The van der Waals surface area contributed by atoms with Crippen LogP contribution in [-0.2, 0) is 16.1 Å². The number of ether oxygens (including phenoxy) is 1. The molecule has 2 rings (SSSR count). The van der Waals surface area contributed by atoms with Crippen molar-refractivity contribution in [1.82, 2.24) is 4.90 Å². The predicted octanol–water partition coefficient (Wildman–Crippen LogP) is 1.07. The van der Waals surface area contributed by atoms with Gasteiger partial charge in [0.2, 0.25) is 5.91 Å². The van der Waals surface area contributed by atoms with Gasteiger partial charge in [-0.1, -0.05) is 29.8 Å². The van der Waals surface area contributed by atoms with Gasteiger partial charge in [-0.2, -0.15) is 0 Å². The zero-order chi connectivity index (χ0) is 13.1. The summed E-state index contributed by atoms with van der Waals surface area (Å²) in [6.07, 6.45) is 0.796. The highest BCUT2D eigenvalue weighted by molar-refractivity contribution is 5.80. The van der Waals surface area contributed by atoms with Gasteiger partial charge in [0.1, 0.15) is 0 Å². The Balaban J connectivity index is 2.09. The summed E-state index contributed by atoms with van der Waals surface area (Å²) in [4.78, 5) is 13.6. The Hall–Kier alpha value is -1.39. The highest BCUT2D eigenvalue weighted by atomic mass is 16.5. The van der Waals surface area contributed by atoms with E-state index in [0.29, 0.717) is 6.42 Å². The Labute approximate surface area is 108 Å². The molecule has 0 aliphatic carbocycles. The van der Waals surface area contributed by atoms with E-state index in [-0.39, 0.29) is 18.1 Å². The molecule has 1 saturated heterocycles. The molecule has 0 saturated carbocycles. The van der Waals surface area contributed by atoms with Crippen LogP contribution in [0.15, 0.2) is 24.3 Å². The fourth-order valence-electron chi connectivity index (χ4n) is 2.55. The Morgan fingerprint density at radius 3 is 2.94 bits per heavy atom. The second-order valence-electron chi connectivity index (χ2n) is 4.93. The van der Waals surface area contributed by atoms with Crippen LogP contribution in [0.25, 0.3) is 0 Å². The van der Waals surface area contributed by atoms with Crippen LogP contribution in [0.3, 0.4) is 0 Å². The second kappa shape index (κ2) is 5.50. The number of hydrogen-bond acceptors (Lipinski definition) is 3. The number of aryl methyl sites for hydroxylation is 1. The lowest BCUT2D eigenvalue weighted by Crippen LogP contribution is -2.39. The van der Waals surface area contributed by atoms with E-state index in [1.807, 2.05) is 6.07 Å². The van der Waals surface area contributed by atoms with Gasteiger partial charge in [0.15, 0.2) is 0 Å². The number of carbonyl (C=O) groups excluding carboxylic acids is 1. The number of benzene rings is 1. The highest BCUT2D eigenvalue weighted by Gasteiger charge is 2.35. The van der Waals surface area contributed by atoms with Crippen molar-refractivity contribution < 1.29 is 9.53 Å². The molecule has 0 aromatic heterocycles. The number of methoxy groups -OCH3 is 1. The third kappa shape index (κ3) is 2.89. The standard InChI is InChI=1S/C14H20N2O2/c1-10-4-3-5-11(6-10)8-16-9-12(18-2)7-13(16)14(15)17/h3-6,12-13H,7-9H2,1-2H3,(H2,15,17)/t12-,13-/m0/s1. The number of carbonyl (C=O) groups is 1. The van der Waals surface area contributed by atoms with Crippen molar-refractivity contribution in [2.45, 2.75) is 32.0 Å². The third-order valence-corrected chi connectivity index (χ3v) is 3.49. The molecular formula is C14H20N2O2. The number of rotatable bonds is 4. The Bertz CT molecular complexity index is 434. The molecule has 4 heteroatoms. The molecule has 0 bridgehead atoms. The van der Waals surface area contributed by atoms with Crippen LogP contribution >= 0.6 is 0 Å². The summed E-state index contributed by atoms with van der Waals surface area (Å²) in [5.41, 5.74) is 7.89. The van der Waals surface area contributed by atoms with Gasteiger partial charge in [-0.25, -0.2) is 0 Å². The smallest absolute Gasteiger partial charge is 0.234 e. The van der Waals surface area contributed by atoms with Gasteiger partial charge in [0, 0.05) is 20.2 Å². The first kappa shape index (κ1) is 13.1. The normalized spacial score (nSPS) is 24.3. The molecule has 1 heterocycles. The minimum Gasteiger partial charge on any atom is -0.380 e. The monoisotopic (exact) mass is 248 g/mol. The summed E-state index contributed by atoms with van der Waals surface area (Å²) >= 11 is 0. The molecule has 1 amide bonds. The number of amides is 1. The van der Waals surface area contributed by atoms with E-state index in [9.17, 15) is 4.79 Å². The van der Waals surface area contributed by atoms with Gasteiger partial charge in [0.05, 0.1) is 12.1 Å². The van der Waals surface area contributed by atoms with Crippen LogP contribution in [0.4, 0.5) is 0 Å². The number of likely N-dealkylation sites (tertiary alicyclic amines) is 1. The minimum absolute atomic E-state index is 0.104.